The normalized spacial score (nSPS) is 10.5. The molecule has 140 valence electrons. The van der Waals surface area contributed by atoms with Crippen molar-refractivity contribution in [3.63, 3.8) is 0 Å². The molecule has 0 radical (unpaired) electrons. The molecule has 3 rings (SSSR count). The predicted molar refractivity (Wildman–Crippen MR) is 107 cm³/mol. The molecule has 3 aromatic rings. The number of phenolic OH excluding ortho intramolecular Hbond substituents is 1. The number of rotatable bonds is 7. The maximum Gasteiger partial charge on any atom is 0.162 e. The van der Waals surface area contributed by atoms with Gasteiger partial charge in [0.05, 0.1) is 7.11 Å². The second-order valence-corrected chi connectivity index (χ2v) is 6.76. The molecule has 0 unspecified atom stereocenters. The summed E-state index contributed by atoms with van der Waals surface area (Å²) < 4.78 is 25.2. The smallest absolute Gasteiger partial charge is 0.162 e. The summed E-state index contributed by atoms with van der Waals surface area (Å²) in [6.07, 6.45) is 0. The van der Waals surface area contributed by atoms with Crippen LogP contribution in [0.3, 0.4) is 0 Å². The Hall–Kier alpha value is -2.73. The Balaban J connectivity index is 1.70. The highest BCUT2D eigenvalue weighted by Crippen LogP contribution is 2.34. The monoisotopic (exact) mass is 431 g/mol. The molecule has 0 aliphatic carbocycles. The van der Waals surface area contributed by atoms with Crippen molar-refractivity contribution in [2.24, 2.45) is 0 Å². The fraction of sp³-hybridized carbons (Fsp3) is 0.143. The van der Waals surface area contributed by atoms with E-state index < -0.39 is 0 Å². The Morgan fingerprint density at radius 2 is 1.70 bits per heavy atom. The maximum absolute atomic E-state index is 13.0. The van der Waals surface area contributed by atoms with E-state index in [2.05, 4.69) is 21.2 Å². The zero-order chi connectivity index (χ0) is 19.2. The number of benzene rings is 3. The van der Waals surface area contributed by atoms with E-state index in [1.165, 1.54) is 12.1 Å². The highest BCUT2D eigenvalue weighted by atomic mass is 79.9. The zero-order valence-corrected chi connectivity index (χ0v) is 16.3. The molecule has 27 heavy (non-hydrogen) atoms. The number of halogens is 2. The first-order valence-electron chi connectivity index (χ1n) is 8.31. The molecule has 6 heteroatoms. The lowest BCUT2D eigenvalue weighted by atomic mass is 10.2. The van der Waals surface area contributed by atoms with E-state index >= 15 is 0 Å². The van der Waals surface area contributed by atoms with Gasteiger partial charge in [0.15, 0.2) is 11.5 Å². The third-order valence-electron chi connectivity index (χ3n) is 3.99. The molecule has 0 aliphatic heterocycles. The Bertz CT molecular complexity index is 899. The van der Waals surface area contributed by atoms with Crippen molar-refractivity contribution in [1.82, 2.24) is 0 Å². The molecule has 0 fully saturated rings. The Kier molecular flexibility index (Phi) is 6.19. The van der Waals surface area contributed by atoms with Crippen molar-refractivity contribution < 1.29 is 19.0 Å². The minimum absolute atomic E-state index is 0.228. The van der Waals surface area contributed by atoms with Crippen LogP contribution < -0.4 is 14.8 Å². The number of phenols is 1. The number of ether oxygens (including phenoxy) is 2. The highest BCUT2D eigenvalue weighted by molar-refractivity contribution is 9.10. The minimum Gasteiger partial charge on any atom is -0.508 e. The Labute approximate surface area is 165 Å². The lowest BCUT2D eigenvalue weighted by molar-refractivity contribution is 0.284. The van der Waals surface area contributed by atoms with Gasteiger partial charge in [0.2, 0.25) is 0 Å². The average Bonchev–Trinajstić information content (AvgIpc) is 2.68. The van der Waals surface area contributed by atoms with Crippen molar-refractivity contribution in [3.05, 3.63) is 82.1 Å². The summed E-state index contributed by atoms with van der Waals surface area (Å²) in [6, 6.07) is 16.8. The van der Waals surface area contributed by atoms with Crippen LogP contribution in [0.2, 0.25) is 0 Å². The summed E-state index contributed by atoms with van der Waals surface area (Å²) in [5.74, 6) is 1.17. The minimum atomic E-state index is -0.274. The second-order valence-electron chi connectivity index (χ2n) is 5.91. The van der Waals surface area contributed by atoms with Gasteiger partial charge in [-0.1, -0.05) is 28.1 Å². The lowest BCUT2D eigenvalue weighted by Gasteiger charge is -2.15. The number of aromatic hydroxyl groups is 1. The molecule has 0 atom stereocenters. The molecule has 0 amide bonds. The van der Waals surface area contributed by atoms with Gasteiger partial charge in [-0.2, -0.15) is 0 Å². The van der Waals surface area contributed by atoms with Gasteiger partial charge in [-0.05, 0) is 59.7 Å². The van der Waals surface area contributed by atoms with Crippen LogP contribution in [0.15, 0.2) is 65.1 Å². The van der Waals surface area contributed by atoms with E-state index in [0.29, 0.717) is 24.7 Å². The lowest BCUT2D eigenvalue weighted by Crippen LogP contribution is -2.03. The number of anilines is 1. The summed E-state index contributed by atoms with van der Waals surface area (Å²) in [5, 5.41) is 12.6. The molecule has 0 bridgehead atoms. The second kappa shape index (κ2) is 8.77. The van der Waals surface area contributed by atoms with E-state index in [1.807, 2.05) is 12.1 Å². The van der Waals surface area contributed by atoms with E-state index in [4.69, 9.17) is 9.47 Å². The van der Waals surface area contributed by atoms with Crippen LogP contribution in [0, 0.1) is 5.82 Å². The summed E-state index contributed by atoms with van der Waals surface area (Å²) in [6.45, 7) is 0.883. The van der Waals surface area contributed by atoms with E-state index in [9.17, 15) is 9.50 Å². The number of methoxy groups -OCH3 is 1. The predicted octanol–water partition coefficient (Wildman–Crippen LogP) is 5.49. The Morgan fingerprint density at radius 1 is 1.00 bits per heavy atom. The first-order valence-corrected chi connectivity index (χ1v) is 9.11. The van der Waals surface area contributed by atoms with Crippen molar-refractivity contribution in [1.29, 1.82) is 0 Å². The van der Waals surface area contributed by atoms with Crippen molar-refractivity contribution in [3.8, 4) is 17.2 Å². The van der Waals surface area contributed by atoms with Gasteiger partial charge in [-0.15, -0.1) is 0 Å². The van der Waals surface area contributed by atoms with Crippen LogP contribution in [0.5, 0.6) is 17.2 Å². The van der Waals surface area contributed by atoms with Crippen LogP contribution in [-0.2, 0) is 13.2 Å². The molecule has 4 nitrogen and oxygen atoms in total. The van der Waals surface area contributed by atoms with E-state index in [-0.39, 0.29) is 11.6 Å². The highest BCUT2D eigenvalue weighted by Gasteiger charge is 2.11. The quantitative estimate of drug-likeness (QED) is 0.485. The van der Waals surface area contributed by atoms with E-state index in [1.54, 1.807) is 43.5 Å². The molecule has 0 aliphatic rings. The SMILES string of the molecule is COc1cc(CNc2ccc(O)cc2)c(Br)cc1OCc1ccc(F)cc1. The summed E-state index contributed by atoms with van der Waals surface area (Å²) >= 11 is 3.57. The molecule has 0 heterocycles. The van der Waals surface area contributed by atoms with Gasteiger partial charge in [0.25, 0.3) is 0 Å². The van der Waals surface area contributed by atoms with Crippen LogP contribution in [-0.4, -0.2) is 12.2 Å². The maximum atomic E-state index is 13.0. The molecule has 0 saturated carbocycles. The fourth-order valence-corrected chi connectivity index (χ4v) is 2.97. The van der Waals surface area contributed by atoms with Gasteiger partial charge in [-0.3, -0.25) is 0 Å². The molecule has 0 aromatic heterocycles. The van der Waals surface area contributed by atoms with E-state index in [0.717, 1.165) is 21.3 Å². The van der Waals surface area contributed by atoms with Crippen molar-refractivity contribution >= 4 is 21.6 Å². The zero-order valence-electron chi connectivity index (χ0n) is 14.7. The molecular formula is C21H19BrFNO3. The first-order chi connectivity index (χ1) is 13.0. The summed E-state index contributed by atoms with van der Waals surface area (Å²) in [4.78, 5) is 0. The average molecular weight is 432 g/mol. The van der Waals surface area contributed by atoms with Crippen molar-refractivity contribution in [2.75, 3.05) is 12.4 Å². The summed E-state index contributed by atoms with van der Waals surface area (Å²) in [5.41, 5.74) is 2.76. The largest absolute Gasteiger partial charge is 0.508 e. The van der Waals surface area contributed by atoms with Gasteiger partial charge in [-0.25, -0.2) is 4.39 Å². The van der Waals surface area contributed by atoms with Gasteiger partial charge in [0, 0.05) is 16.7 Å². The first kappa shape index (κ1) is 19.0. The van der Waals surface area contributed by atoms with Crippen LogP contribution in [0.1, 0.15) is 11.1 Å². The van der Waals surface area contributed by atoms with Gasteiger partial charge in [0.1, 0.15) is 18.2 Å². The third-order valence-corrected chi connectivity index (χ3v) is 4.73. The van der Waals surface area contributed by atoms with Gasteiger partial charge >= 0.3 is 0 Å². The number of nitrogens with one attached hydrogen (secondary N) is 1. The van der Waals surface area contributed by atoms with Crippen LogP contribution in [0.4, 0.5) is 10.1 Å². The third kappa shape index (κ3) is 5.14. The molecular weight excluding hydrogens is 413 g/mol. The fourth-order valence-electron chi connectivity index (χ4n) is 2.50. The van der Waals surface area contributed by atoms with Gasteiger partial charge < -0.3 is 19.9 Å². The van der Waals surface area contributed by atoms with Crippen LogP contribution in [0.25, 0.3) is 0 Å². The Morgan fingerprint density at radius 3 is 2.37 bits per heavy atom. The van der Waals surface area contributed by atoms with Crippen molar-refractivity contribution in [2.45, 2.75) is 13.2 Å². The topological polar surface area (TPSA) is 50.7 Å². The number of hydrogen-bond donors (Lipinski definition) is 2. The van der Waals surface area contributed by atoms with Crippen LogP contribution >= 0.6 is 15.9 Å². The standard InChI is InChI=1S/C21H19BrFNO3/c1-26-20-10-15(12-24-17-6-8-18(25)9-7-17)19(22)11-21(20)27-13-14-2-4-16(23)5-3-14/h2-11,24-25H,12-13H2,1H3. The molecule has 0 spiro atoms. The molecule has 3 aromatic carbocycles. The molecule has 0 saturated heterocycles. The number of hydrogen-bond acceptors (Lipinski definition) is 4. The summed E-state index contributed by atoms with van der Waals surface area (Å²) in [7, 11) is 1.59. The molecule has 2 N–H and O–H groups in total.